The predicted octanol–water partition coefficient (Wildman–Crippen LogP) is -0.553. The molecule has 2 aliphatic heterocycles. The summed E-state index contributed by atoms with van der Waals surface area (Å²) in [4.78, 5) is 0. The summed E-state index contributed by atoms with van der Waals surface area (Å²) < 4.78 is 31.8. The molecule has 2 N–H and O–H groups in total. The van der Waals surface area contributed by atoms with E-state index in [4.69, 9.17) is 4.74 Å². The van der Waals surface area contributed by atoms with Gasteiger partial charge in [0.2, 0.25) is 10.0 Å². The van der Waals surface area contributed by atoms with Crippen molar-refractivity contribution in [3.63, 3.8) is 0 Å². The summed E-state index contributed by atoms with van der Waals surface area (Å²) in [6.07, 6.45) is 2.22. The Balaban J connectivity index is 1.92. The third-order valence-electron chi connectivity index (χ3n) is 2.99. The lowest BCUT2D eigenvalue weighted by Gasteiger charge is -2.24. The molecule has 2 heterocycles. The molecule has 1 unspecified atom stereocenters. The van der Waals surface area contributed by atoms with E-state index < -0.39 is 10.0 Å². The first-order valence-corrected chi connectivity index (χ1v) is 7.03. The van der Waals surface area contributed by atoms with Gasteiger partial charge >= 0.3 is 0 Å². The molecule has 0 aromatic heterocycles. The number of hydrogen-bond acceptors (Lipinski definition) is 4. The predicted molar refractivity (Wildman–Crippen MR) is 57.2 cm³/mol. The molecule has 0 aromatic carbocycles. The minimum atomic E-state index is -3.14. The Morgan fingerprint density at radius 1 is 1.20 bits per heavy atom. The minimum absolute atomic E-state index is 0.00937. The SMILES string of the molecule is O=S(=O)(NC1CCOC1)C1CCNCC1. The molecular formula is C9H18N2O3S. The molecule has 2 fully saturated rings. The van der Waals surface area contributed by atoms with Gasteiger partial charge in [-0.15, -0.1) is 0 Å². The Labute approximate surface area is 90.6 Å². The zero-order valence-electron chi connectivity index (χ0n) is 8.74. The lowest BCUT2D eigenvalue weighted by Crippen LogP contribution is -2.45. The van der Waals surface area contributed by atoms with Gasteiger partial charge in [-0.1, -0.05) is 0 Å². The molecule has 0 aromatic rings. The molecule has 15 heavy (non-hydrogen) atoms. The maximum absolute atomic E-state index is 11.9. The highest BCUT2D eigenvalue weighted by atomic mass is 32.2. The van der Waals surface area contributed by atoms with Crippen LogP contribution in [0.4, 0.5) is 0 Å². The van der Waals surface area contributed by atoms with Crippen LogP contribution in [-0.2, 0) is 14.8 Å². The average Bonchev–Trinajstić information content (AvgIpc) is 2.71. The second-order valence-electron chi connectivity index (χ2n) is 4.17. The third-order valence-corrected chi connectivity index (χ3v) is 5.00. The number of sulfonamides is 1. The highest BCUT2D eigenvalue weighted by Gasteiger charge is 2.30. The zero-order chi connectivity index (χ0) is 10.7. The van der Waals surface area contributed by atoms with Crippen molar-refractivity contribution in [1.82, 2.24) is 10.0 Å². The van der Waals surface area contributed by atoms with Crippen LogP contribution >= 0.6 is 0 Å². The number of ether oxygens (including phenoxy) is 1. The molecular weight excluding hydrogens is 216 g/mol. The van der Waals surface area contributed by atoms with Crippen LogP contribution in [0.15, 0.2) is 0 Å². The topological polar surface area (TPSA) is 67.4 Å². The van der Waals surface area contributed by atoms with Crippen molar-refractivity contribution in [2.45, 2.75) is 30.6 Å². The van der Waals surface area contributed by atoms with Crippen LogP contribution in [0.25, 0.3) is 0 Å². The molecule has 0 spiro atoms. The van der Waals surface area contributed by atoms with Gasteiger partial charge in [-0.3, -0.25) is 0 Å². The van der Waals surface area contributed by atoms with Gasteiger partial charge in [-0.05, 0) is 32.4 Å². The van der Waals surface area contributed by atoms with Gasteiger partial charge in [0.25, 0.3) is 0 Å². The van der Waals surface area contributed by atoms with Crippen LogP contribution in [-0.4, -0.2) is 46.0 Å². The fraction of sp³-hybridized carbons (Fsp3) is 1.00. The molecule has 6 heteroatoms. The smallest absolute Gasteiger partial charge is 0.214 e. The quantitative estimate of drug-likeness (QED) is 0.687. The number of rotatable bonds is 3. The van der Waals surface area contributed by atoms with E-state index in [-0.39, 0.29) is 11.3 Å². The fourth-order valence-corrected chi connectivity index (χ4v) is 3.76. The highest BCUT2D eigenvalue weighted by Crippen LogP contribution is 2.14. The molecule has 88 valence electrons. The lowest BCUT2D eigenvalue weighted by atomic mass is 10.2. The minimum Gasteiger partial charge on any atom is -0.380 e. The summed E-state index contributed by atoms with van der Waals surface area (Å²) in [6.45, 7) is 2.78. The van der Waals surface area contributed by atoms with Crippen molar-refractivity contribution >= 4 is 10.0 Å². The van der Waals surface area contributed by atoms with Crippen molar-refractivity contribution in [2.24, 2.45) is 0 Å². The Bertz CT molecular complexity index is 292. The summed E-state index contributed by atoms with van der Waals surface area (Å²) in [7, 11) is -3.14. The molecule has 0 aliphatic carbocycles. The second-order valence-corrected chi connectivity index (χ2v) is 6.17. The fourth-order valence-electron chi connectivity index (χ4n) is 2.06. The van der Waals surface area contributed by atoms with Gasteiger partial charge in [-0.2, -0.15) is 0 Å². The third kappa shape index (κ3) is 2.90. The molecule has 0 amide bonds. The van der Waals surface area contributed by atoms with Crippen molar-refractivity contribution in [1.29, 1.82) is 0 Å². The standard InChI is InChI=1S/C9H18N2O3S/c12-15(13,9-1-4-10-5-2-9)11-8-3-6-14-7-8/h8-11H,1-7H2. The Hall–Kier alpha value is -0.170. The molecule has 2 aliphatic rings. The first-order chi connectivity index (χ1) is 7.18. The summed E-state index contributed by atoms with van der Waals surface area (Å²) >= 11 is 0. The Morgan fingerprint density at radius 2 is 1.93 bits per heavy atom. The van der Waals surface area contributed by atoms with Gasteiger partial charge in [-0.25, -0.2) is 13.1 Å². The lowest BCUT2D eigenvalue weighted by molar-refractivity contribution is 0.192. The molecule has 0 radical (unpaired) electrons. The molecule has 5 nitrogen and oxygen atoms in total. The largest absolute Gasteiger partial charge is 0.380 e. The van der Waals surface area contributed by atoms with Crippen LogP contribution in [0.5, 0.6) is 0 Å². The number of hydrogen-bond donors (Lipinski definition) is 2. The molecule has 2 rings (SSSR count). The van der Waals surface area contributed by atoms with Crippen molar-refractivity contribution in [3.8, 4) is 0 Å². The van der Waals surface area contributed by atoms with Crippen molar-refractivity contribution < 1.29 is 13.2 Å². The monoisotopic (exact) mass is 234 g/mol. The van der Waals surface area contributed by atoms with Crippen LogP contribution in [0.1, 0.15) is 19.3 Å². The van der Waals surface area contributed by atoms with E-state index in [1.807, 2.05) is 0 Å². The van der Waals surface area contributed by atoms with Crippen molar-refractivity contribution in [3.05, 3.63) is 0 Å². The summed E-state index contributed by atoms with van der Waals surface area (Å²) in [5.41, 5.74) is 0. The van der Waals surface area contributed by atoms with E-state index in [1.54, 1.807) is 0 Å². The van der Waals surface area contributed by atoms with Gasteiger partial charge in [0, 0.05) is 12.6 Å². The summed E-state index contributed by atoms with van der Waals surface area (Å²) in [6, 6.07) is -0.00937. The van der Waals surface area contributed by atoms with Crippen LogP contribution in [0.3, 0.4) is 0 Å². The maximum Gasteiger partial charge on any atom is 0.214 e. The highest BCUT2D eigenvalue weighted by molar-refractivity contribution is 7.90. The van der Waals surface area contributed by atoms with E-state index in [0.29, 0.717) is 26.1 Å². The van der Waals surface area contributed by atoms with E-state index in [1.165, 1.54) is 0 Å². The molecule has 2 saturated heterocycles. The van der Waals surface area contributed by atoms with Crippen LogP contribution in [0, 0.1) is 0 Å². The van der Waals surface area contributed by atoms with E-state index in [0.717, 1.165) is 19.5 Å². The normalized spacial score (nSPS) is 29.5. The Morgan fingerprint density at radius 3 is 2.53 bits per heavy atom. The van der Waals surface area contributed by atoms with E-state index >= 15 is 0 Å². The Kier molecular flexibility index (Phi) is 3.60. The first-order valence-electron chi connectivity index (χ1n) is 5.48. The van der Waals surface area contributed by atoms with Crippen LogP contribution < -0.4 is 10.0 Å². The van der Waals surface area contributed by atoms with E-state index in [2.05, 4.69) is 10.0 Å². The zero-order valence-corrected chi connectivity index (χ0v) is 9.55. The van der Waals surface area contributed by atoms with Gasteiger partial charge in [0.1, 0.15) is 0 Å². The van der Waals surface area contributed by atoms with Gasteiger partial charge in [0.15, 0.2) is 0 Å². The maximum atomic E-state index is 11.9. The number of nitrogens with one attached hydrogen (secondary N) is 2. The van der Waals surface area contributed by atoms with Gasteiger partial charge in [0.05, 0.1) is 11.9 Å². The second kappa shape index (κ2) is 4.78. The molecule has 0 saturated carbocycles. The first kappa shape index (κ1) is 11.3. The summed E-state index contributed by atoms with van der Waals surface area (Å²) in [5, 5.41) is 2.94. The van der Waals surface area contributed by atoms with Crippen LogP contribution in [0.2, 0.25) is 0 Å². The molecule has 1 atom stereocenters. The van der Waals surface area contributed by atoms with Crippen molar-refractivity contribution in [2.75, 3.05) is 26.3 Å². The average molecular weight is 234 g/mol. The van der Waals surface area contributed by atoms with Gasteiger partial charge < -0.3 is 10.1 Å². The molecule has 0 bridgehead atoms. The number of piperidine rings is 1. The van der Waals surface area contributed by atoms with E-state index in [9.17, 15) is 8.42 Å². The summed E-state index contributed by atoms with van der Waals surface area (Å²) in [5.74, 6) is 0.